The van der Waals surface area contributed by atoms with Crippen molar-refractivity contribution >= 4 is 64.1 Å². The van der Waals surface area contributed by atoms with Crippen molar-refractivity contribution in [3.8, 4) is 11.4 Å². The maximum atomic E-state index is 15.6. The molecular weight excluding hydrogens is 950 g/mol. The predicted molar refractivity (Wildman–Crippen MR) is 257 cm³/mol. The van der Waals surface area contributed by atoms with Crippen LogP contribution < -0.4 is 32.6 Å². The van der Waals surface area contributed by atoms with Crippen LogP contribution in [0.2, 0.25) is 0 Å². The molecule has 382 valence electrons. The van der Waals surface area contributed by atoms with Gasteiger partial charge in [0.1, 0.15) is 18.5 Å². The minimum Gasteiger partial charge on any atom is -0.458 e. The summed E-state index contributed by atoms with van der Waals surface area (Å²) in [4.78, 5) is 137. The number of benzene rings is 2. The Kier molecular flexibility index (Phi) is 14.9. The second-order valence-electron chi connectivity index (χ2n) is 18.4. The number of cyclic esters (lactones) is 1. The number of aliphatic hydroxyl groups is 1. The predicted octanol–water partition coefficient (Wildman–Crippen LogP) is 0.390. The van der Waals surface area contributed by atoms with Gasteiger partial charge in [-0.1, -0.05) is 43.7 Å². The highest BCUT2D eigenvalue weighted by atomic mass is 19.1. The number of aromatic nitrogens is 2. The molecule has 3 atom stereocenters. The van der Waals surface area contributed by atoms with E-state index in [1.165, 1.54) is 33.8 Å². The fourth-order valence-electron chi connectivity index (χ4n) is 9.97. The summed E-state index contributed by atoms with van der Waals surface area (Å²) in [7, 11) is 0. The Morgan fingerprint density at radius 1 is 0.918 bits per heavy atom. The highest BCUT2D eigenvalue weighted by Gasteiger charge is 2.46. The van der Waals surface area contributed by atoms with E-state index in [4.69, 9.17) is 15.5 Å². The van der Waals surface area contributed by atoms with Gasteiger partial charge in [-0.3, -0.25) is 48.1 Å². The number of aryl methyl sites for hydroxylation is 1. The van der Waals surface area contributed by atoms with Crippen LogP contribution in [0.15, 0.2) is 59.4 Å². The summed E-state index contributed by atoms with van der Waals surface area (Å²) in [6, 6.07) is 9.27. The van der Waals surface area contributed by atoms with Crippen molar-refractivity contribution in [2.75, 3.05) is 32.7 Å². The number of hydrogen-bond donors (Lipinski definition) is 6. The zero-order valence-electron chi connectivity index (χ0n) is 40.1. The van der Waals surface area contributed by atoms with Gasteiger partial charge in [0.2, 0.25) is 35.4 Å². The maximum absolute atomic E-state index is 15.6. The number of ether oxygens (including phenoxy) is 1. The van der Waals surface area contributed by atoms with E-state index in [1.807, 2.05) is 0 Å². The molecule has 0 radical (unpaired) electrons. The quantitative estimate of drug-likeness (QED) is 0.0350. The Balaban J connectivity index is 0.957. The minimum atomic E-state index is -2.12. The van der Waals surface area contributed by atoms with Crippen LogP contribution in [0, 0.1) is 12.7 Å². The van der Waals surface area contributed by atoms with Gasteiger partial charge < -0.3 is 46.3 Å². The second kappa shape index (κ2) is 21.3. The summed E-state index contributed by atoms with van der Waals surface area (Å²) in [5, 5.41) is 22.0. The number of primary amides is 1. The number of nitrogens with one attached hydrogen (secondary N) is 4. The maximum Gasteiger partial charge on any atom is 0.343 e. The van der Waals surface area contributed by atoms with Crippen molar-refractivity contribution in [1.82, 2.24) is 40.6 Å². The minimum absolute atomic E-state index is 0.0289. The van der Waals surface area contributed by atoms with E-state index in [-0.39, 0.29) is 91.6 Å². The third-order valence-corrected chi connectivity index (χ3v) is 13.8. The van der Waals surface area contributed by atoms with Crippen molar-refractivity contribution in [3.05, 3.63) is 110 Å². The molecule has 5 heterocycles. The molecule has 0 spiro atoms. The van der Waals surface area contributed by atoms with Crippen LogP contribution in [0.4, 0.5) is 4.39 Å². The zero-order valence-corrected chi connectivity index (χ0v) is 40.1. The number of nitrogens with zero attached hydrogens (tertiary/aromatic N) is 4. The number of imide groups is 1. The van der Waals surface area contributed by atoms with E-state index < -0.39 is 96.7 Å². The third kappa shape index (κ3) is 10.5. The van der Waals surface area contributed by atoms with Gasteiger partial charge in [-0.05, 0) is 67.3 Å². The average Bonchev–Trinajstić information content (AvgIpc) is 3.91. The number of nitrogens with two attached hydrogens (primary N) is 1. The van der Waals surface area contributed by atoms with Crippen LogP contribution in [-0.4, -0.2) is 116 Å². The van der Waals surface area contributed by atoms with Gasteiger partial charge in [0, 0.05) is 54.1 Å². The average molecular weight is 1000 g/mol. The number of carbonyl (C=O) groups is 9. The molecule has 3 aliphatic heterocycles. The van der Waals surface area contributed by atoms with Gasteiger partial charge in [-0.15, -0.1) is 0 Å². The molecule has 0 saturated heterocycles. The number of fused-ring (bicyclic) bond motifs is 5. The summed E-state index contributed by atoms with van der Waals surface area (Å²) in [5.74, 6) is -6.46. The number of rotatable bonds is 20. The van der Waals surface area contributed by atoms with Gasteiger partial charge in [0.05, 0.1) is 61.2 Å². The normalized spacial score (nSPS) is 17.6. The number of hydrogen-bond acceptors (Lipinski definition) is 13. The standard InChI is InChI=1S/C51H54FN9O12/c1-3-51(72)32-19-37-47-30(24-61(37)49(70)31(32)26-73-50(51)71)46-36(14-13-29-27(2)33(52)20-34(58-47)45(29)46)60(25-38(53)62)44(68)23-56-48(69)35(18-28-10-6-4-7-11-28)57-41(65)22-55-40(64)21-54-39(63)12-8-5-9-17-59-42(66)15-16-43(59)67/h4,6-7,10-11,15-16,19-20,35-36,72H,3,5,8-9,12-14,17-18,21-26H2,1-2H3,(H2,53,62)(H,54,63)(H,55,64)(H,56,69)(H,57,65)/t35-,36-,51-/m0/s1. The van der Waals surface area contributed by atoms with E-state index in [0.717, 1.165) is 4.90 Å². The lowest BCUT2D eigenvalue weighted by molar-refractivity contribution is -0.172. The van der Waals surface area contributed by atoms with E-state index in [0.29, 0.717) is 52.5 Å². The van der Waals surface area contributed by atoms with Gasteiger partial charge in [-0.25, -0.2) is 14.2 Å². The van der Waals surface area contributed by atoms with Crippen LogP contribution in [0.25, 0.3) is 22.3 Å². The van der Waals surface area contributed by atoms with Crippen molar-refractivity contribution in [3.63, 3.8) is 0 Å². The molecule has 73 heavy (non-hydrogen) atoms. The molecular formula is C51H54FN9O12. The van der Waals surface area contributed by atoms with Crippen LogP contribution >= 0.6 is 0 Å². The first-order valence-corrected chi connectivity index (χ1v) is 24.0. The molecule has 8 rings (SSSR count). The molecule has 7 N–H and O–H groups in total. The molecule has 22 heteroatoms. The molecule has 0 fully saturated rings. The lowest BCUT2D eigenvalue weighted by atomic mass is 9.81. The lowest BCUT2D eigenvalue weighted by Crippen LogP contribution is -2.53. The van der Waals surface area contributed by atoms with Gasteiger partial charge >= 0.3 is 5.97 Å². The topological polar surface area (TPSA) is 299 Å². The second-order valence-corrected chi connectivity index (χ2v) is 18.4. The van der Waals surface area contributed by atoms with E-state index in [9.17, 15) is 53.1 Å². The molecule has 4 aromatic rings. The van der Waals surface area contributed by atoms with Crippen LogP contribution in [-0.2, 0) is 79.5 Å². The van der Waals surface area contributed by atoms with E-state index in [1.54, 1.807) is 44.2 Å². The van der Waals surface area contributed by atoms with Crippen molar-refractivity contribution in [2.45, 2.75) is 96.1 Å². The summed E-state index contributed by atoms with van der Waals surface area (Å²) in [6.45, 7) is 0.714. The highest BCUT2D eigenvalue weighted by Crippen LogP contribution is 2.47. The first kappa shape index (κ1) is 51.2. The van der Waals surface area contributed by atoms with Crippen molar-refractivity contribution in [1.29, 1.82) is 0 Å². The van der Waals surface area contributed by atoms with E-state index in [2.05, 4.69) is 21.3 Å². The Bertz CT molecular complexity index is 3070. The zero-order chi connectivity index (χ0) is 52.3. The Hall–Kier alpha value is -8.14. The van der Waals surface area contributed by atoms with Crippen molar-refractivity contribution in [2.24, 2.45) is 5.73 Å². The molecule has 4 aliphatic rings. The number of esters is 1. The number of halogens is 1. The molecule has 0 saturated carbocycles. The summed E-state index contributed by atoms with van der Waals surface area (Å²) in [5.41, 5.74) is 6.55. The highest BCUT2D eigenvalue weighted by molar-refractivity contribution is 6.12. The SMILES string of the molecule is CC[C@@]1(O)C(=O)OCc2c1cc1n(c2=O)Cc2c-1nc1cc(F)c(C)c3c1c2[C@@H](N(CC(N)=O)C(=O)CNC(=O)[C@H](Cc1ccccc1)NC(=O)CNC(=O)CNC(=O)CCCCCN1C(=O)C=CC1=O)CC3. The summed E-state index contributed by atoms with van der Waals surface area (Å²) < 4.78 is 22.3. The van der Waals surface area contributed by atoms with Gasteiger partial charge in [-0.2, -0.15) is 0 Å². The Morgan fingerprint density at radius 3 is 2.34 bits per heavy atom. The molecule has 2 aromatic carbocycles. The monoisotopic (exact) mass is 1000 g/mol. The number of amides is 8. The Morgan fingerprint density at radius 2 is 1.63 bits per heavy atom. The molecule has 21 nitrogen and oxygen atoms in total. The van der Waals surface area contributed by atoms with E-state index >= 15 is 4.39 Å². The third-order valence-electron chi connectivity index (χ3n) is 13.8. The molecule has 8 amide bonds. The summed E-state index contributed by atoms with van der Waals surface area (Å²) in [6.07, 6.45) is 4.29. The molecule has 0 unspecified atom stereocenters. The number of carbonyl (C=O) groups excluding carboxylic acids is 9. The molecule has 1 aliphatic carbocycles. The number of pyridine rings is 2. The smallest absolute Gasteiger partial charge is 0.343 e. The first-order chi connectivity index (χ1) is 34.9. The molecule has 2 aromatic heterocycles. The lowest BCUT2D eigenvalue weighted by Gasteiger charge is -2.37. The fourth-order valence-corrected chi connectivity index (χ4v) is 9.97. The Labute approximate surface area is 416 Å². The largest absolute Gasteiger partial charge is 0.458 e. The van der Waals surface area contributed by atoms with Crippen LogP contribution in [0.1, 0.15) is 90.4 Å². The van der Waals surface area contributed by atoms with Crippen molar-refractivity contribution < 1.29 is 57.4 Å². The summed E-state index contributed by atoms with van der Waals surface area (Å²) >= 11 is 0. The number of unbranched alkanes of at least 4 members (excludes halogenated alkanes) is 2. The van der Waals surface area contributed by atoms with Crippen LogP contribution in [0.3, 0.4) is 0 Å². The van der Waals surface area contributed by atoms with Gasteiger partial charge in [0.15, 0.2) is 5.60 Å². The fraction of sp³-hybridized carbons (Fsp3) is 0.392. The van der Waals surface area contributed by atoms with Gasteiger partial charge in [0.25, 0.3) is 17.4 Å². The first-order valence-electron chi connectivity index (χ1n) is 24.0. The van der Waals surface area contributed by atoms with Crippen LogP contribution in [0.5, 0.6) is 0 Å². The molecule has 0 bridgehead atoms.